The lowest BCUT2D eigenvalue weighted by molar-refractivity contribution is 0.517. The monoisotopic (exact) mass is 556 g/mol. The van der Waals surface area contributed by atoms with Crippen molar-refractivity contribution < 1.29 is 8.42 Å². The Morgan fingerprint density at radius 2 is 2.05 bits per heavy atom. The van der Waals surface area contributed by atoms with Crippen LogP contribution in [0.5, 0.6) is 0 Å². The van der Waals surface area contributed by atoms with Crippen LogP contribution >= 0.6 is 22.9 Å². The standard InChI is InChI=1S/C26H29ClN6O2S2/c1-15(2)33-13-17(12-29-33)23-22-11-18(31-37(34,35)19-5-6-19)14-32(22)25(26-28-8-9-36-26)30-24(23)20-7-4-16(3)10-21(20)27/h4,7-10,12-13,15,18-19,24,31H,5-6,11,14H2,1-3H3/t18?,24-/m0/s1. The molecule has 2 aliphatic heterocycles. The predicted octanol–water partition coefficient (Wildman–Crippen LogP) is 4.95. The summed E-state index contributed by atoms with van der Waals surface area (Å²) in [6.07, 6.45) is 7.71. The maximum absolute atomic E-state index is 12.8. The van der Waals surface area contributed by atoms with E-state index in [0.29, 0.717) is 18.0 Å². The lowest BCUT2D eigenvalue weighted by atomic mass is 9.90. The molecule has 1 unspecified atom stereocenters. The minimum absolute atomic E-state index is 0.205. The normalized spacial score (nSPS) is 22.1. The number of aryl methyl sites for hydroxylation is 1. The Labute approximate surface area is 226 Å². The van der Waals surface area contributed by atoms with E-state index < -0.39 is 10.0 Å². The summed E-state index contributed by atoms with van der Waals surface area (Å²) in [5.41, 5.74) is 4.98. The Morgan fingerprint density at radius 1 is 1.24 bits per heavy atom. The minimum atomic E-state index is -3.34. The van der Waals surface area contributed by atoms with Crippen molar-refractivity contribution in [2.24, 2.45) is 4.99 Å². The maximum atomic E-state index is 12.8. The van der Waals surface area contributed by atoms with Crippen LogP contribution in [0, 0.1) is 6.92 Å². The molecular formula is C26H29ClN6O2S2. The van der Waals surface area contributed by atoms with Crippen molar-refractivity contribution in [3.05, 3.63) is 74.6 Å². The molecule has 0 radical (unpaired) electrons. The Bertz CT molecular complexity index is 1510. The van der Waals surface area contributed by atoms with Gasteiger partial charge in [-0.2, -0.15) is 5.10 Å². The molecular weight excluding hydrogens is 528 g/mol. The van der Waals surface area contributed by atoms with Gasteiger partial charge < -0.3 is 4.90 Å². The van der Waals surface area contributed by atoms with E-state index in [9.17, 15) is 8.42 Å². The van der Waals surface area contributed by atoms with Crippen molar-refractivity contribution in [2.75, 3.05) is 6.54 Å². The molecule has 2 aromatic heterocycles. The first-order valence-corrected chi connectivity index (χ1v) is 15.3. The maximum Gasteiger partial charge on any atom is 0.214 e. The lowest BCUT2D eigenvalue weighted by Gasteiger charge is -2.32. The second kappa shape index (κ2) is 9.34. The first-order chi connectivity index (χ1) is 17.7. The van der Waals surface area contributed by atoms with Gasteiger partial charge in [0.1, 0.15) is 6.04 Å². The fourth-order valence-electron chi connectivity index (χ4n) is 5.08. The van der Waals surface area contributed by atoms with Gasteiger partial charge in [0, 0.05) is 64.7 Å². The van der Waals surface area contributed by atoms with Gasteiger partial charge in [-0.1, -0.05) is 23.7 Å². The Balaban J connectivity index is 1.51. The zero-order valence-corrected chi connectivity index (χ0v) is 23.3. The number of sulfonamides is 1. The van der Waals surface area contributed by atoms with Gasteiger partial charge in [-0.15, -0.1) is 11.3 Å². The average molecular weight is 557 g/mol. The highest BCUT2D eigenvalue weighted by atomic mass is 35.5. The number of aliphatic imine (C=N–C) groups is 1. The van der Waals surface area contributed by atoms with Gasteiger partial charge in [-0.3, -0.25) is 9.67 Å². The first kappa shape index (κ1) is 24.8. The molecule has 1 N–H and O–H groups in total. The number of amidine groups is 1. The van der Waals surface area contributed by atoms with E-state index in [1.807, 2.05) is 47.6 Å². The molecule has 11 heteroatoms. The van der Waals surface area contributed by atoms with Gasteiger partial charge in [0.2, 0.25) is 10.0 Å². The molecule has 0 bridgehead atoms. The van der Waals surface area contributed by atoms with Crippen molar-refractivity contribution >= 4 is 44.4 Å². The summed E-state index contributed by atoms with van der Waals surface area (Å²) >= 11 is 8.34. The zero-order valence-electron chi connectivity index (χ0n) is 20.9. The molecule has 4 heterocycles. The van der Waals surface area contributed by atoms with Gasteiger partial charge in [0.25, 0.3) is 0 Å². The third-order valence-electron chi connectivity index (χ3n) is 7.07. The Morgan fingerprint density at radius 3 is 2.70 bits per heavy atom. The number of rotatable bonds is 7. The smallest absolute Gasteiger partial charge is 0.214 e. The van der Waals surface area contributed by atoms with Crippen molar-refractivity contribution in [1.82, 2.24) is 24.4 Å². The highest BCUT2D eigenvalue weighted by Gasteiger charge is 2.43. The SMILES string of the molecule is Cc1ccc([C@@H]2N=C(c3nccs3)N3CC(NS(=O)(=O)C4CC4)CC3=C2c2cnn(C(C)C)c2)c(Cl)c1. The number of nitrogens with one attached hydrogen (secondary N) is 1. The molecule has 3 aromatic rings. The van der Waals surface area contributed by atoms with E-state index in [2.05, 4.69) is 33.6 Å². The molecule has 2 atom stereocenters. The molecule has 2 fully saturated rings. The van der Waals surface area contributed by atoms with Crippen molar-refractivity contribution in [3.63, 3.8) is 0 Å². The Kier molecular flexibility index (Phi) is 6.26. The largest absolute Gasteiger partial charge is 0.326 e. The van der Waals surface area contributed by atoms with E-state index >= 15 is 0 Å². The summed E-state index contributed by atoms with van der Waals surface area (Å²) in [4.78, 5) is 12.0. The van der Waals surface area contributed by atoms with Crippen LogP contribution in [0.3, 0.4) is 0 Å². The molecule has 1 aliphatic carbocycles. The zero-order chi connectivity index (χ0) is 25.9. The third kappa shape index (κ3) is 4.65. The van der Waals surface area contributed by atoms with Crippen molar-refractivity contribution in [1.29, 1.82) is 0 Å². The van der Waals surface area contributed by atoms with E-state index in [0.717, 1.165) is 51.6 Å². The number of hydrogen-bond donors (Lipinski definition) is 1. The van der Waals surface area contributed by atoms with E-state index in [1.165, 1.54) is 11.3 Å². The molecule has 1 saturated carbocycles. The number of aromatic nitrogens is 3. The summed E-state index contributed by atoms with van der Waals surface area (Å²) in [5, 5.41) is 7.72. The van der Waals surface area contributed by atoms with Crippen LogP contribution < -0.4 is 4.72 Å². The Hall–Kier alpha value is -2.53. The van der Waals surface area contributed by atoms with Gasteiger partial charge in [-0.25, -0.2) is 18.1 Å². The minimum Gasteiger partial charge on any atom is -0.326 e. The average Bonchev–Trinajstić information content (AvgIpc) is 3.21. The van der Waals surface area contributed by atoms with Gasteiger partial charge in [-0.05, 0) is 50.8 Å². The van der Waals surface area contributed by atoms with Crippen LogP contribution in [0.1, 0.15) is 66.9 Å². The number of benzene rings is 1. The van der Waals surface area contributed by atoms with Gasteiger partial charge in [0.15, 0.2) is 10.8 Å². The topological polar surface area (TPSA) is 92.5 Å². The van der Waals surface area contributed by atoms with E-state index in [1.54, 1.807) is 6.20 Å². The highest BCUT2D eigenvalue weighted by Crippen LogP contribution is 2.46. The molecule has 0 spiro atoms. The number of hydrogen-bond acceptors (Lipinski definition) is 7. The molecule has 0 amide bonds. The second-order valence-corrected chi connectivity index (χ2v) is 13.5. The van der Waals surface area contributed by atoms with Crippen molar-refractivity contribution in [3.8, 4) is 0 Å². The van der Waals surface area contributed by atoms with E-state index in [4.69, 9.17) is 16.6 Å². The summed E-state index contributed by atoms with van der Waals surface area (Å²) in [6.45, 7) is 6.69. The van der Waals surface area contributed by atoms with Gasteiger partial charge in [0.05, 0.1) is 11.4 Å². The van der Waals surface area contributed by atoms with E-state index in [-0.39, 0.29) is 23.4 Å². The molecule has 1 aromatic carbocycles. The van der Waals surface area contributed by atoms with Crippen LogP contribution in [-0.2, 0) is 10.0 Å². The molecule has 194 valence electrons. The summed E-state index contributed by atoms with van der Waals surface area (Å²) in [5.74, 6) is 0.750. The quantitative estimate of drug-likeness (QED) is 0.444. The number of nitrogens with zero attached hydrogens (tertiary/aromatic N) is 5. The summed E-state index contributed by atoms with van der Waals surface area (Å²) < 4.78 is 30.6. The lowest BCUT2D eigenvalue weighted by Crippen LogP contribution is -2.40. The van der Waals surface area contributed by atoms with Gasteiger partial charge >= 0.3 is 0 Å². The first-order valence-electron chi connectivity index (χ1n) is 12.5. The molecule has 3 aliphatic rings. The number of fused-ring (bicyclic) bond motifs is 1. The van der Waals surface area contributed by atoms with Crippen LogP contribution in [0.25, 0.3) is 5.57 Å². The van der Waals surface area contributed by atoms with Crippen LogP contribution in [0.15, 0.2) is 52.9 Å². The number of halogens is 1. The summed E-state index contributed by atoms with van der Waals surface area (Å²) in [7, 11) is -3.34. The second-order valence-electron chi connectivity index (χ2n) is 10.3. The molecule has 8 nitrogen and oxygen atoms in total. The fourth-order valence-corrected chi connectivity index (χ4v) is 7.63. The van der Waals surface area contributed by atoms with Crippen LogP contribution in [0.4, 0.5) is 0 Å². The van der Waals surface area contributed by atoms with Crippen molar-refractivity contribution in [2.45, 2.75) is 63.4 Å². The van der Waals surface area contributed by atoms with Crippen LogP contribution in [-0.4, -0.2) is 51.8 Å². The molecule has 1 saturated heterocycles. The highest BCUT2D eigenvalue weighted by molar-refractivity contribution is 7.90. The molecule has 37 heavy (non-hydrogen) atoms. The molecule has 6 rings (SSSR count). The fraction of sp³-hybridized carbons (Fsp3) is 0.423. The summed E-state index contributed by atoms with van der Waals surface area (Å²) in [6, 6.07) is 5.62. The third-order valence-corrected chi connectivity index (χ3v) is 10.2. The number of thiazole rings is 1. The predicted molar refractivity (Wildman–Crippen MR) is 147 cm³/mol. The van der Waals surface area contributed by atoms with Crippen LogP contribution in [0.2, 0.25) is 5.02 Å².